The average Bonchev–Trinajstić information content (AvgIpc) is 3.03. The fourth-order valence-corrected chi connectivity index (χ4v) is 4.27. The van der Waals surface area contributed by atoms with E-state index in [2.05, 4.69) is 16.6 Å². The molecular formula is C21H21NO6S. The van der Waals surface area contributed by atoms with E-state index in [1.807, 2.05) is 12.1 Å². The minimum Gasteiger partial charge on any atom is -0.480 e. The second-order valence-corrected chi connectivity index (χ2v) is 8.60. The van der Waals surface area contributed by atoms with Crippen molar-refractivity contribution in [1.29, 1.82) is 0 Å². The molecule has 1 aromatic heterocycles. The van der Waals surface area contributed by atoms with Crippen molar-refractivity contribution in [1.82, 2.24) is 4.72 Å². The molecule has 0 spiro atoms. The van der Waals surface area contributed by atoms with Crippen LogP contribution in [0.15, 0.2) is 45.7 Å². The lowest BCUT2D eigenvalue weighted by Gasteiger charge is -2.17. The zero-order valence-corrected chi connectivity index (χ0v) is 17.0. The Balaban J connectivity index is 2.01. The maximum Gasteiger partial charge on any atom is 0.322 e. The second-order valence-electron chi connectivity index (χ2n) is 6.89. The summed E-state index contributed by atoms with van der Waals surface area (Å²) in [6.07, 6.45) is 0. The van der Waals surface area contributed by atoms with Crippen molar-refractivity contribution in [3.8, 4) is 11.8 Å². The number of hydrogen-bond acceptors (Lipinski definition) is 5. The van der Waals surface area contributed by atoms with Crippen molar-refractivity contribution < 1.29 is 27.5 Å². The van der Waals surface area contributed by atoms with Gasteiger partial charge in [-0.25, -0.2) is 8.42 Å². The molecule has 3 aromatic rings. The largest absolute Gasteiger partial charge is 0.480 e. The molecule has 0 bridgehead atoms. The van der Waals surface area contributed by atoms with Gasteiger partial charge in [0, 0.05) is 29.5 Å². The Hall–Kier alpha value is -2.86. The molecule has 3 rings (SSSR count). The smallest absolute Gasteiger partial charge is 0.322 e. The van der Waals surface area contributed by atoms with Crippen molar-refractivity contribution in [3.63, 3.8) is 0 Å². The molecule has 0 aliphatic rings. The average molecular weight is 415 g/mol. The van der Waals surface area contributed by atoms with Crippen LogP contribution in [0, 0.1) is 17.8 Å². The zero-order valence-electron chi connectivity index (χ0n) is 16.2. The van der Waals surface area contributed by atoms with E-state index in [1.54, 1.807) is 33.1 Å². The molecular weight excluding hydrogens is 394 g/mol. The van der Waals surface area contributed by atoms with Gasteiger partial charge < -0.3 is 14.3 Å². The summed E-state index contributed by atoms with van der Waals surface area (Å²) >= 11 is 0. The van der Waals surface area contributed by atoms with E-state index < -0.39 is 28.0 Å². The predicted octanol–water partition coefficient (Wildman–Crippen LogP) is 2.97. The fraction of sp³-hybridized carbons (Fsp3) is 0.286. The maximum atomic E-state index is 12.7. The van der Waals surface area contributed by atoms with Crippen molar-refractivity contribution in [2.75, 3.05) is 13.7 Å². The summed E-state index contributed by atoms with van der Waals surface area (Å²) in [5.41, 5.74) is 1.78. The number of benzene rings is 2. The molecule has 0 aliphatic heterocycles. The number of methoxy groups -OCH3 is 1. The number of carboxylic acids is 1. The number of rotatable bonds is 6. The van der Waals surface area contributed by atoms with Gasteiger partial charge in [0.05, 0.1) is 4.90 Å². The zero-order chi connectivity index (χ0) is 21.2. The second kappa shape index (κ2) is 8.25. The number of ether oxygens (including phenoxy) is 1. The number of hydrogen-bond donors (Lipinski definition) is 2. The molecule has 8 heteroatoms. The molecule has 0 fully saturated rings. The topological polar surface area (TPSA) is 106 Å². The minimum atomic E-state index is -4.03. The number of fused-ring (bicyclic) bond motifs is 3. The van der Waals surface area contributed by atoms with Crippen LogP contribution in [0.2, 0.25) is 0 Å². The summed E-state index contributed by atoms with van der Waals surface area (Å²) in [6.45, 7) is 3.60. The van der Waals surface area contributed by atoms with Crippen molar-refractivity contribution in [2.45, 2.75) is 24.8 Å². The van der Waals surface area contributed by atoms with Crippen LogP contribution in [0.4, 0.5) is 0 Å². The highest BCUT2D eigenvalue weighted by molar-refractivity contribution is 7.89. The molecule has 1 atom stereocenters. The summed E-state index contributed by atoms with van der Waals surface area (Å²) in [5.74, 6) is 4.24. The molecule has 152 valence electrons. The first-order valence-electron chi connectivity index (χ1n) is 8.92. The first-order valence-corrected chi connectivity index (χ1v) is 10.4. The third-order valence-corrected chi connectivity index (χ3v) is 5.86. The van der Waals surface area contributed by atoms with E-state index in [-0.39, 0.29) is 4.90 Å². The van der Waals surface area contributed by atoms with E-state index in [0.29, 0.717) is 17.8 Å². The Morgan fingerprint density at radius 1 is 1.17 bits per heavy atom. The summed E-state index contributed by atoms with van der Waals surface area (Å²) in [4.78, 5) is 11.3. The lowest BCUT2D eigenvalue weighted by atomic mass is 10.1. The number of nitrogens with one attached hydrogen (secondary N) is 1. The van der Waals surface area contributed by atoms with Crippen LogP contribution in [0.1, 0.15) is 19.4 Å². The van der Waals surface area contributed by atoms with Gasteiger partial charge >= 0.3 is 5.97 Å². The highest BCUT2D eigenvalue weighted by Gasteiger charge is 2.28. The third-order valence-electron chi connectivity index (χ3n) is 4.42. The lowest BCUT2D eigenvalue weighted by molar-refractivity contribution is -0.140. The van der Waals surface area contributed by atoms with Gasteiger partial charge in [-0.15, -0.1) is 0 Å². The highest BCUT2D eigenvalue weighted by Crippen LogP contribution is 2.31. The van der Waals surface area contributed by atoms with E-state index in [1.165, 1.54) is 12.1 Å². The Morgan fingerprint density at radius 3 is 2.59 bits per heavy atom. The molecule has 0 saturated carbocycles. The summed E-state index contributed by atoms with van der Waals surface area (Å²) in [7, 11) is -2.46. The van der Waals surface area contributed by atoms with Gasteiger partial charge in [-0.1, -0.05) is 25.7 Å². The molecule has 1 unspecified atom stereocenters. The first kappa shape index (κ1) is 20.9. The van der Waals surface area contributed by atoms with Crippen LogP contribution in [0.3, 0.4) is 0 Å². The molecule has 29 heavy (non-hydrogen) atoms. The molecule has 0 radical (unpaired) electrons. The molecule has 0 saturated heterocycles. The number of furan rings is 1. The van der Waals surface area contributed by atoms with Crippen molar-refractivity contribution in [3.05, 3.63) is 42.0 Å². The van der Waals surface area contributed by atoms with Crippen molar-refractivity contribution >= 4 is 37.9 Å². The Kier molecular flexibility index (Phi) is 5.94. The molecule has 1 heterocycles. The van der Waals surface area contributed by atoms with Gasteiger partial charge in [-0.2, -0.15) is 4.72 Å². The van der Waals surface area contributed by atoms with Crippen LogP contribution < -0.4 is 4.72 Å². The summed E-state index contributed by atoms with van der Waals surface area (Å²) in [6, 6.07) is 8.71. The van der Waals surface area contributed by atoms with Gasteiger partial charge in [0.15, 0.2) is 0 Å². The highest BCUT2D eigenvalue weighted by atomic mass is 32.2. The Morgan fingerprint density at radius 2 is 1.93 bits per heavy atom. The van der Waals surface area contributed by atoms with Crippen LogP contribution in [-0.2, 0) is 19.6 Å². The van der Waals surface area contributed by atoms with Crippen LogP contribution in [0.25, 0.3) is 21.9 Å². The van der Waals surface area contributed by atoms with E-state index in [0.717, 1.165) is 16.3 Å². The summed E-state index contributed by atoms with van der Waals surface area (Å²) < 4.78 is 38.3. The van der Waals surface area contributed by atoms with Gasteiger partial charge in [0.1, 0.15) is 23.8 Å². The molecule has 7 nitrogen and oxygen atoms in total. The number of carbonyl (C=O) groups is 1. The third kappa shape index (κ3) is 4.43. The van der Waals surface area contributed by atoms with Crippen molar-refractivity contribution in [2.24, 2.45) is 5.92 Å². The monoisotopic (exact) mass is 415 g/mol. The fourth-order valence-electron chi connectivity index (χ4n) is 2.92. The predicted molar refractivity (Wildman–Crippen MR) is 109 cm³/mol. The number of carboxylic acid groups (broad SMARTS) is 1. The molecule has 2 aromatic carbocycles. The quantitative estimate of drug-likeness (QED) is 0.600. The van der Waals surface area contributed by atoms with Crippen LogP contribution >= 0.6 is 0 Å². The number of aliphatic carboxylic acids is 1. The summed E-state index contributed by atoms with van der Waals surface area (Å²) in [5, 5.41) is 10.8. The van der Waals surface area contributed by atoms with Gasteiger partial charge in [-0.05, 0) is 36.2 Å². The van der Waals surface area contributed by atoms with Gasteiger partial charge in [0.25, 0.3) is 0 Å². The van der Waals surface area contributed by atoms with E-state index in [9.17, 15) is 18.3 Å². The van der Waals surface area contributed by atoms with E-state index >= 15 is 0 Å². The van der Waals surface area contributed by atoms with Gasteiger partial charge in [0.2, 0.25) is 10.0 Å². The lowest BCUT2D eigenvalue weighted by Crippen LogP contribution is -2.44. The van der Waals surface area contributed by atoms with Crippen LogP contribution in [-0.4, -0.2) is 39.3 Å². The normalized spacial score (nSPS) is 12.8. The first-order chi connectivity index (χ1) is 13.7. The Labute approximate surface area is 168 Å². The minimum absolute atomic E-state index is 0.0592. The van der Waals surface area contributed by atoms with E-state index in [4.69, 9.17) is 9.15 Å². The van der Waals surface area contributed by atoms with Gasteiger partial charge in [-0.3, -0.25) is 4.79 Å². The molecule has 0 amide bonds. The standard InChI is InChI=1S/C21H21NO6S/c1-13(2)20(21(23)24)22-29(25,26)15-7-8-16-17-11-14(5-4-10-27-3)6-9-18(17)28-19(16)12-15/h6-9,11-13,20,22H,10H2,1-3H3,(H,23,24). The van der Waals surface area contributed by atoms with Crippen LogP contribution in [0.5, 0.6) is 0 Å². The number of sulfonamides is 1. The maximum absolute atomic E-state index is 12.7. The molecule has 0 aliphatic carbocycles. The SMILES string of the molecule is COCC#Cc1ccc2oc3cc(S(=O)(=O)NC(C(=O)O)C(C)C)ccc3c2c1. The molecule has 2 N–H and O–H groups in total. The Bertz CT molecular complexity index is 1230.